The number of carbonyl (C=O) groups excluding carboxylic acids is 2. The van der Waals surface area contributed by atoms with Crippen LogP contribution in [0.1, 0.15) is 51.4 Å². The van der Waals surface area contributed by atoms with Crippen LogP contribution in [0, 0.1) is 5.92 Å². The van der Waals surface area contributed by atoms with Gasteiger partial charge in [-0.2, -0.15) is 0 Å². The molecular weight excluding hydrogens is 288 g/mol. The number of esters is 2. The van der Waals surface area contributed by atoms with Gasteiger partial charge in [-0.05, 0) is 44.9 Å². The highest BCUT2D eigenvalue weighted by Crippen LogP contribution is 2.29. The fraction of sp³-hybridized carbons (Fsp3) is 0.875. The van der Waals surface area contributed by atoms with Gasteiger partial charge in [0.2, 0.25) is 6.29 Å². The summed E-state index contributed by atoms with van der Waals surface area (Å²) in [5, 5.41) is 0. The number of carbonyl (C=O) groups is 2. The van der Waals surface area contributed by atoms with Crippen molar-refractivity contribution in [1.82, 2.24) is 0 Å². The fourth-order valence-corrected chi connectivity index (χ4v) is 3.34. The first-order valence-electron chi connectivity index (χ1n) is 8.36. The van der Waals surface area contributed by atoms with Gasteiger partial charge in [0.25, 0.3) is 0 Å². The molecule has 1 saturated carbocycles. The van der Waals surface area contributed by atoms with E-state index in [1.54, 1.807) is 0 Å². The molecule has 1 aliphatic carbocycles. The highest BCUT2D eigenvalue weighted by Gasteiger charge is 2.34. The number of hydrogen-bond donors (Lipinski definition) is 0. The Morgan fingerprint density at radius 1 is 0.818 bits per heavy atom. The minimum absolute atomic E-state index is 0.194. The van der Waals surface area contributed by atoms with E-state index >= 15 is 0 Å². The Morgan fingerprint density at radius 2 is 1.64 bits per heavy atom. The van der Waals surface area contributed by atoms with Crippen LogP contribution in [0.5, 0.6) is 0 Å². The van der Waals surface area contributed by atoms with Crippen molar-refractivity contribution in [2.45, 2.75) is 69.9 Å². The summed E-state index contributed by atoms with van der Waals surface area (Å²) < 4.78 is 21.6. The maximum atomic E-state index is 12.2. The van der Waals surface area contributed by atoms with Crippen LogP contribution >= 0.6 is 0 Å². The second-order valence-electron chi connectivity index (χ2n) is 6.30. The van der Waals surface area contributed by atoms with Gasteiger partial charge in [-0.15, -0.1) is 0 Å². The molecule has 0 bridgehead atoms. The van der Waals surface area contributed by atoms with Crippen LogP contribution < -0.4 is 0 Å². The predicted molar refractivity (Wildman–Crippen MR) is 75.9 cm³/mol. The smallest absolute Gasteiger partial charge is 0.335 e. The first-order valence-corrected chi connectivity index (χ1v) is 8.36. The zero-order valence-electron chi connectivity index (χ0n) is 12.8. The molecule has 3 aliphatic rings. The maximum Gasteiger partial charge on any atom is 0.335 e. The number of hydrogen-bond acceptors (Lipinski definition) is 6. The Balaban J connectivity index is 1.45. The molecule has 0 aromatic rings. The van der Waals surface area contributed by atoms with Gasteiger partial charge in [0.15, 0.2) is 6.10 Å². The SMILES string of the molecule is O=C(OC1CCCO1)C1CCCC(OC(=O)C2CCCO2)C1. The van der Waals surface area contributed by atoms with E-state index in [2.05, 4.69) is 0 Å². The molecule has 3 rings (SSSR count). The average Bonchev–Trinajstić information content (AvgIpc) is 3.21. The van der Waals surface area contributed by atoms with Gasteiger partial charge in [0.05, 0.1) is 12.5 Å². The summed E-state index contributed by atoms with van der Waals surface area (Å²) in [6, 6.07) is 0. The first-order chi connectivity index (χ1) is 10.7. The molecule has 124 valence electrons. The third-order valence-corrected chi connectivity index (χ3v) is 4.57. The predicted octanol–water partition coefficient (Wildman–Crippen LogP) is 1.95. The molecule has 0 radical (unpaired) electrons. The van der Waals surface area contributed by atoms with Crippen LogP contribution in [0.25, 0.3) is 0 Å². The molecular formula is C16H24O6. The van der Waals surface area contributed by atoms with Gasteiger partial charge >= 0.3 is 11.9 Å². The van der Waals surface area contributed by atoms with E-state index in [1.807, 2.05) is 0 Å². The van der Waals surface area contributed by atoms with Crippen molar-refractivity contribution in [2.24, 2.45) is 5.92 Å². The lowest BCUT2D eigenvalue weighted by molar-refractivity contribution is -0.179. The Bertz CT molecular complexity index is 397. The van der Waals surface area contributed by atoms with Crippen molar-refractivity contribution in [1.29, 1.82) is 0 Å². The monoisotopic (exact) mass is 312 g/mol. The van der Waals surface area contributed by atoms with Crippen molar-refractivity contribution < 1.29 is 28.5 Å². The van der Waals surface area contributed by atoms with E-state index < -0.39 is 6.10 Å². The van der Waals surface area contributed by atoms with E-state index in [0.29, 0.717) is 19.6 Å². The molecule has 22 heavy (non-hydrogen) atoms. The molecule has 3 fully saturated rings. The van der Waals surface area contributed by atoms with E-state index in [9.17, 15) is 9.59 Å². The topological polar surface area (TPSA) is 71.1 Å². The molecule has 4 atom stereocenters. The lowest BCUT2D eigenvalue weighted by Gasteiger charge is -2.28. The number of rotatable bonds is 4. The third-order valence-electron chi connectivity index (χ3n) is 4.57. The van der Waals surface area contributed by atoms with Crippen LogP contribution in [0.4, 0.5) is 0 Å². The third kappa shape index (κ3) is 3.98. The van der Waals surface area contributed by atoms with Crippen molar-refractivity contribution in [3.63, 3.8) is 0 Å². The Morgan fingerprint density at radius 3 is 2.36 bits per heavy atom. The molecule has 0 amide bonds. The van der Waals surface area contributed by atoms with Gasteiger partial charge in [-0.25, -0.2) is 4.79 Å². The highest BCUT2D eigenvalue weighted by molar-refractivity contribution is 5.75. The average molecular weight is 312 g/mol. The van der Waals surface area contributed by atoms with E-state index in [0.717, 1.165) is 44.9 Å². The minimum atomic E-state index is -0.417. The molecule has 2 aliphatic heterocycles. The minimum Gasteiger partial charge on any atom is -0.460 e. The van der Waals surface area contributed by atoms with E-state index in [1.165, 1.54) is 0 Å². The van der Waals surface area contributed by atoms with Gasteiger partial charge in [-0.1, -0.05) is 0 Å². The Hall–Kier alpha value is -1.14. The molecule has 2 saturated heterocycles. The second-order valence-corrected chi connectivity index (χ2v) is 6.30. The zero-order valence-corrected chi connectivity index (χ0v) is 12.8. The quantitative estimate of drug-likeness (QED) is 0.739. The van der Waals surface area contributed by atoms with Gasteiger partial charge < -0.3 is 18.9 Å². The Kier molecular flexibility index (Phi) is 5.31. The molecule has 6 heteroatoms. The summed E-state index contributed by atoms with van der Waals surface area (Å²) in [6.07, 6.45) is 5.35. The van der Waals surface area contributed by atoms with Crippen LogP contribution in [0.2, 0.25) is 0 Å². The van der Waals surface area contributed by atoms with Crippen LogP contribution in [0.15, 0.2) is 0 Å². The summed E-state index contributed by atoms with van der Waals surface area (Å²) in [4.78, 5) is 24.2. The van der Waals surface area contributed by atoms with E-state index in [-0.39, 0.29) is 30.3 Å². The van der Waals surface area contributed by atoms with Gasteiger partial charge in [0, 0.05) is 13.0 Å². The summed E-state index contributed by atoms with van der Waals surface area (Å²) >= 11 is 0. The molecule has 0 aromatic carbocycles. The van der Waals surface area contributed by atoms with Crippen LogP contribution in [0.3, 0.4) is 0 Å². The largest absolute Gasteiger partial charge is 0.460 e. The standard InChI is InChI=1S/C16H24O6/c17-15(22-14-7-3-9-20-14)11-4-1-5-12(10-11)21-16(18)13-6-2-8-19-13/h11-14H,1-10H2. The zero-order chi connectivity index (χ0) is 15.4. The van der Waals surface area contributed by atoms with Crippen molar-refractivity contribution in [2.75, 3.05) is 13.2 Å². The lowest BCUT2D eigenvalue weighted by Crippen LogP contribution is -2.34. The fourth-order valence-electron chi connectivity index (χ4n) is 3.34. The van der Waals surface area contributed by atoms with Gasteiger partial charge in [0.1, 0.15) is 6.10 Å². The lowest BCUT2D eigenvalue weighted by atomic mass is 9.87. The van der Waals surface area contributed by atoms with Crippen molar-refractivity contribution in [3.8, 4) is 0 Å². The molecule has 2 heterocycles. The summed E-state index contributed by atoms with van der Waals surface area (Å²) in [7, 11) is 0. The van der Waals surface area contributed by atoms with Gasteiger partial charge in [-0.3, -0.25) is 4.79 Å². The second kappa shape index (κ2) is 7.42. The number of ether oxygens (including phenoxy) is 4. The molecule has 0 spiro atoms. The molecule has 0 aromatic heterocycles. The summed E-state index contributed by atoms with van der Waals surface area (Å²) in [6.45, 7) is 1.28. The summed E-state index contributed by atoms with van der Waals surface area (Å²) in [5.74, 6) is -0.694. The van der Waals surface area contributed by atoms with Crippen molar-refractivity contribution in [3.05, 3.63) is 0 Å². The normalized spacial score (nSPS) is 35.3. The molecule has 4 unspecified atom stereocenters. The van der Waals surface area contributed by atoms with Crippen LogP contribution in [-0.2, 0) is 28.5 Å². The Labute approximate surface area is 130 Å². The van der Waals surface area contributed by atoms with Crippen LogP contribution in [-0.4, -0.2) is 43.7 Å². The van der Waals surface area contributed by atoms with Crippen molar-refractivity contribution >= 4 is 11.9 Å². The summed E-state index contributed by atoms with van der Waals surface area (Å²) in [5.41, 5.74) is 0. The molecule has 0 N–H and O–H groups in total. The maximum absolute atomic E-state index is 12.2. The molecule has 6 nitrogen and oxygen atoms in total. The highest BCUT2D eigenvalue weighted by atomic mass is 16.7. The van der Waals surface area contributed by atoms with E-state index in [4.69, 9.17) is 18.9 Å². The first kappa shape index (κ1) is 15.7.